The van der Waals surface area contributed by atoms with E-state index < -0.39 is 16.0 Å². The zero-order valence-electron chi connectivity index (χ0n) is 11.8. The number of carbonyl (C=O) groups is 1. The predicted molar refractivity (Wildman–Crippen MR) is 82.7 cm³/mol. The molecule has 0 atom stereocenters. The van der Waals surface area contributed by atoms with E-state index in [1.54, 1.807) is 13.0 Å². The molecule has 0 amide bonds. The molecule has 0 spiro atoms. The van der Waals surface area contributed by atoms with Gasteiger partial charge in [-0.1, -0.05) is 17.7 Å². The van der Waals surface area contributed by atoms with Crippen LogP contribution in [-0.4, -0.2) is 19.5 Å². The molecule has 5 nitrogen and oxygen atoms in total. The van der Waals surface area contributed by atoms with Crippen molar-refractivity contribution in [1.29, 1.82) is 0 Å². The Kier molecular flexibility index (Phi) is 4.06. The van der Waals surface area contributed by atoms with Crippen LogP contribution < -0.4 is 4.72 Å². The van der Waals surface area contributed by atoms with Crippen LogP contribution in [0.15, 0.2) is 28.5 Å². The van der Waals surface area contributed by atoms with Crippen LogP contribution in [-0.2, 0) is 10.0 Å². The first kappa shape index (κ1) is 15.5. The van der Waals surface area contributed by atoms with Crippen molar-refractivity contribution in [2.45, 2.75) is 25.0 Å². The number of aromatic carboxylic acids is 1. The van der Waals surface area contributed by atoms with E-state index in [4.69, 9.17) is 5.11 Å². The highest BCUT2D eigenvalue weighted by Gasteiger charge is 2.22. The van der Waals surface area contributed by atoms with Gasteiger partial charge in [0.25, 0.3) is 10.0 Å². The molecule has 0 fully saturated rings. The number of carboxylic acid groups (broad SMARTS) is 1. The third-order valence-electron chi connectivity index (χ3n) is 2.98. The fraction of sp³-hybridized carbons (Fsp3) is 0.214. The third-order valence-corrected chi connectivity index (χ3v) is 6.04. The van der Waals surface area contributed by atoms with Crippen LogP contribution >= 0.6 is 11.3 Å². The second-order valence-electron chi connectivity index (χ2n) is 4.81. The Balaban J connectivity index is 2.38. The van der Waals surface area contributed by atoms with Crippen LogP contribution in [0.2, 0.25) is 0 Å². The van der Waals surface area contributed by atoms with E-state index >= 15 is 0 Å². The number of thiophene rings is 1. The lowest BCUT2D eigenvalue weighted by atomic mass is 10.1. The highest BCUT2D eigenvalue weighted by molar-refractivity contribution is 7.94. The summed E-state index contributed by atoms with van der Waals surface area (Å²) >= 11 is 0.753. The fourth-order valence-corrected chi connectivity index (χ4v) is 4.43. The maximum atomic E-state index is 12.3. The number of aryl methyl sites for hydroxylation is 3. The summed E-state index contributed by atoms with van der Waals surface area (Å²) in [5.74, 6) is -1.12. The SMILES string of the molecule is Cc1ccc(NS(=O)(=O)c2cc(C)c(C(=O)O)s2)c(C)c1. The number of anilines is 1. The summed E-state index contributed by atoms with van der Waals surface area (Å²) in [6, 6.07) is 6.76. The van der Waals surface area contributed by atoms with Crippen LogP contribution in [0, 0.1) is 20.8 Å². The summed E-state index contributed by atoms with van der Waals surface area (Å²) in [6.07, 6.45) is 0. The Morgan fingerprint density at radius 2 is 1.81 bits per heavy atom. The molecule has 0 saturated heterocycles. The summed E-state index contributed by atoms with van der Waals surface area (Å²) in [5.41, 5.74) is 2.78. The van der Waals surface area contributed by atoms with E-state index in [9.17, 15) is 13.2 Å². The van der Waals surface area contributed by atoms with Crippen molar-refractivity contribution in [3.05, 3.63) is 45.8 Å². The van der Waals surface area contributed by atoms with Gasteiger partial charge in [-0.25, -0.2) is 13.2 Å². The van der Waals surface area contributed by atoms with E-state index in [-0.39, 0.29) is 9.09 Å². The first-order chi connectivity index (χ1) is 9.70. The molecule has 112 valence electrons. The second-order valence-corrected chi connectivity index (χ2v) is 7.77. The molecule has 0 aliphatic carbocycles. The molecule has 21 heavy (non-hydrogen) atoms. The van der Waals surface area contributed by atoms with Gasteiger partial charge in [0.15, 0.2) is 0 Å². The first-order valence-corrected chi connectivity index (χ1v) is 8.44. The van der Waals surface area contributed by atoms with E-state index in [2.05, 4.69) is 4.72 Å². The number of benzene rings is 1. The predicted octanol–water partition coefficient (Wildman–Crippen LogP) is 3.17. The molecule has 1 aromatic heterocycles. The third kappa shape index (κ3) is 3.25. The maximum absolute atomic E-state index is 12.3. The molecule has 0 aliphatic rings. The van der Waals surface area contributed by atoms with Gasteiger partial charge in [0.05, 0.1) is 5.69 Å². The minimum absolute atomic E-state index is 0.00243. The Labute approximate surface area is 127 Å². The van der Waals surface area contributed by atoms with Crippen LogP contribution in [0.5, 0.6) is 0 Å². The molecular weight excluding hydrogens is 310 g/mol. The highest BCUT2D eigenvalue weighted by atomic mass is 32.2. The monoisotopic (exact) mass is 325 g/mol. The number of sulfonamides is 1. The van der Waals surface area contributed by atoms with Crippen LogP contribution in [0.1, 0.15) is 26.4 Å². The van der Waals surface area contributed by atoms with Crippen molar-refractivity contribution in [1.82, 2.24) is 0 Å². The Morgan fingerprint density at radius 3 is 2.33 bits per heavy atom. The zero-order valence-corrected chi connectivity index (χ0v) is 13.4. The quantitative estimate of drug-likeness (QED) is 0.904. The molecule has 2 aromatic rings. The van der Waals surface area contributed by atoms with Gasteiger partial charge in [-0.15, -0.1) is 11.3 Å². The van der Waals surface area contributed by atoms with Gasteiger partial charge in [-0.3, -0.25) is 4.72 Å². The summed E-state index contributed by atoms with van der Waals surface area (Å²) in [5, 5.41) is 9.00. The summed E-state index contributed by atoms with van der Waals surface area (Å²) in [6.45, 7) is 5.32. The number of hydrogen-bond acceptors (Lipinski definition) is 4. The van der Waals surface area contributed by atoms with Gasteiger partial charge in [-0.05, 0) is 44.0 Å². The number of carboxylic acids is 1. The van der Waals surface area contributed by atoms with E-state index in [1.807, 2.05) is 26.0 Å². The normalized spacial score (nSPS) is 11.4. The molecule has 0 unspecified atom stereocenters. The summed E-state index contributed by atoms with van der Waals surface area (Å²) in [7, 11) is -3.78. The van der Waals surface area contributed by atoms with Crippen molar-refractivity contribution >= 4 is 33.0 Å². The summed E-state index contributed by atoms with van der Waals surface area (Å²) < 4.78 is 27.2. The standard InChI is InChI=1S/C14H15NO4S2/c1-8-4-5-11(9(2)6-8)15-21(18,19)12-7-10(3)13(20-12)14(16)17/h4-7,15H,1-3H3,(H,16,17). The van der Waals surface area contributed by atoms with E-state index in [1.165, 1.54) is 6.07 Å². The van der Waals surface area contributed by atoms with Gasteiger partial charge >= 0.3 is 5.97 Å². The Hall–Kier alpha value is -1.86. The van der Waals surface area contributed by atoms with E-state index in [0.29, 0.717) is 11.3 Å². The zero-order chi connectivity index (χ0) is 15.8. The molecule has 0 radical (unpaired) electrons. The molecule has 1 aromatic carbocycles. The Bertz CT molecular complexity index is 806. The molecule has 7 heteroatoms. The van der Waals surface area contributed by atoms with Crippen molar-refractivity contribution < 1.29 is 18.3 Å². The minimum Gasteiger partial charge on any atom is -0.477 e. The topological polar surface area (TPSA) is 83.5 Å². The second kappa shape index (κ2) is 5.50. The fourth-order valence-electron chi connectivity index (χ4n) is 1.92. The van der Waals surface area contributed by atoms with Gasteiger partial charge in [-0.2, -0.15) is 0 Å². The molecule has 2 rings (SSSR count). The Morgan fingerprint density at radius 1 is 1.14 bits per heavy atom. The molecule has 0 saturated carbocycles. The maximum Gasteiger partial charge on any atom is 0.346 e. The summed E-state index contributed by atoms with van der Waals surface area (Å²) in [4.78, 5) is 11.0. The van der Waals surface area contributed by atoms with Gasteiger partial charge in [0, 0.05) is 0 Å². The number of rotatable bonds is 4. The molecule has 0 bridgehead atoms. The number of nitrogens with one attached hydrogen (secondary N) is 1. The average Bonchev–Trinajstić information content (AvgIpc) is 2.76. The average molecular weight is 325 g/mol. The van der Waals surface area contributed by atoms with E-state index in [0.717, 1.165) is 22.5 Å². The molecule has 1 heterocycles. The minimum atomic E-state index is -3.78. The highest BCUT2D eigenvalue weighted by Crippen LogP contribution is 2.28. The van der Waals surface area contributed by atoms with Crippen molar-refractivity contribution in [3.8, 4) is 0 Å². The van der Waals surface area contributed by atoms with Gasteiger partial charge in [0.1, 0.15) is 9.09 Å². The lowest BCUT2D eigenvalue weighted by molar-refractivity contribution is 0.0701. The molecule has 2 N–H and O–H groups in total. The van der Waals surface area contributed by atoms with Gasteiger partial charge in [0.2, 0.25) is 0 Å². The van der Waals surface area contributed by atoms with Gasteiger partial charge < -0.3 is 5.11 Å². The van der Waals surface area contributed by atoms with Crippen molar-refractivity contribution in [2.75, 3.05) is 4.72 Å². The lowest BCUT2D eigenvalue weighted by Crippen LogP contribution is -2.12. The smallest absolute Gasteiger partial charge is 0.346 e. The van der Waals surface area contributed by atoms with Crippen molar-refractivity contribution in [2.24, 2.45) is 0 Å². The van der Waals surface area contributed by atoms with Crippen LogP contribution in [0.4, 0.5) is 5.69 Å². The lowest BCUT2D eigenvalue weighted by Gasteiger charge is -2.09. The van der Waals surface area contributed by atoms with Crippen molar-refractivity contribution in [3.63, 3.8) is 0 Å². The number of hydrogen-bond donors (Lipinski definition) is 2. The largest absolute Gasteiger partial charge is 0.477 e. The molecular formula is C14H15NO4S2. The molecule has 0 aliphatic heterocycles. The van der Waals surface area contributed by atoms with Crippen LogP contribution in [0.3, 0.4) is 0 Å². The first-order valence-electron chi connectivity index (χ1n) is 6.14. The van der Waals surface area contributed by atoms with Crippen LogP contribution in [0.25, 0.3) is 0 Å².